The molecule has 1 aliphatic heterocycles. The fourth-order valence-electron chi connectivity index (χ4n) is 3.13. The minimum absolute atomic E-state index is 0.0753. The van der Waals surface area contributed by atoms with E-state index in [-0.39, 0.29) is 23.7 Å². The van der Waals surface area contributed by atoms with Crippen LogP contribution in [0.3, 0.4) is 0 Å². The van der Waals surface area contributed by atoms with Crippen molar-refractivity contribution in [3.63, 3.8) is 0 Å². The minimum Gasteiger partial charge on any atom is -0.342 e. The van der Waals surface area contributed by atoms with Crippen molar-refractivity contribution in [3.05, 3.63) is 28.8 Å². The predicted molar refractivity (Wildman–Crippen MR) is 91.4 cm³/mol. The molecule has 1 aliphatic carbocycles. The van der Waals surface area contributed by atoms with Gasteiger partial charge in [0.1, 0.15) is 0 Å². The normalized spacial score (nSPS) is 24.4. The molecule has 1 saturated heterocycles. The zero-order valence-corrected chi connectivity index (χ0v) is 14.4. The van der Waals surface area contributed by atoms with Crippen LogP contribution in [0.5, 0.6) is 0 Å². The highest BCUT2D eigenvalue weighted by Crippen LogP contribution is 2.41. The van der Waals surface area contributed by atoms with Crippen molar-refractivity contribution in [2.75, 3.05) is 18.4 Å². The van der Waals surface area contributed by atoms with Gasteiger partial charge in [-0.3, -0.25) is 9.59 Å². The number of piperidine rings is 1. The molecule has 1 heterocycles. The molecule has 124 valence electrons. The SMILES string of the molecule is Cc1ccc(NC(=O)C2CC2C(=O)N2CCC(C)CC2)cc1Cl. The Morgan fingerprint density at radius 3 is 2.57 bits per heavy atom. The summed E-state index contributed by atoms with van der Waals surface area (Å²) < 4.78 is 0. The molecule has 0 radical (unpaired) electrons. The zero-order chi connectivity index (χ0) is 16.6. The topological polar surface area (TPSA) is 49.4 Å². The molecular weight excluding hydrogens is 312 g/mol. The molecule has 2 atom stereocenters. The first kappa shape index (κ1) is 16.3. The van der Waals surface area contributed by atoms with Gasteiger partial charge in [-0.2, -0.15) is 0 Å². The Hall–Kier alpha value is -1.55. The second kappa shape index (κ2) is 6.52. The highest BCUT2D eigenvalue weighted by atomic mass is 35.5. The maximum absolute atomic E-state index is 12.5. The van der Waals surface area contributed by atoms with Crippen LogP contribution in [0.1, 0.15) is 31.7 Å². The Balaban J connectivity index is 1.54. The maximum atomic E-state index is 12.5. The summed E-state index contributed by atoms with van der Waals surface area (Å²) in [6.07, 6.45) is 2.80. The number of amides is 2. The number of carbonyl (C=O) groups excluding carboxylic acids is 2. The molecule has 2 fully saturated rings. The summed E-state index contributed by atoms with van der Waals surface area (Å²) in [5.74, 6) is 0.447. The van der Waals surface area contributed by atoms with Gasteiger partial charge in [0, 0.05) is 23.8 Å². The van der Waals surface area contributed by atoms with E-state index in [4.69, 9.17) is 11.6 Å². The number of hydrogen-bond donors (Lipinski definition) is 1. The second-order valence-electron chi connectivity index (χ2n) is 6.91. The average molecular weight is 335 g/mol. The van der Waals surface area contributed by atoms with Crippen LogP contribution < -0.4 is 5.32 Å². The third-order valence-corrected chi connectivity index (χ3v) is 5.39. The van der Waals surface area contributed by atoms with E-state index in [0.717, 1.165) is 31.5 Å². The Kier molecular flexibility index (Phi) is 4.62. The van der Waals surface area contributed by atoms with Gasteiger partial charge in [0.2, 0.25) is 11.8 Å². The number of benzene rings is 1. The van der Waals surface area contributed by atoms with Crippen LogP contribution in [0.15, 0.2) is 18.2 Å². The molecule has 0 bridgehead atoms. The summed E-state index contributed by atoms with van der Waals surface area (Å²) in [7, 11) is 0. The minimum atomic E-state index is -0.193. The van der Waals surface area contributed by atoms with Crippen LogP contribution in [0.2, 0.25) is 5.02 Å². The lowest BCUT2D eigenvalue weighted by atomic mass is 9.99. The van der Waals surface area contributed by atoms with Gasteiger partial charge in [-0.1, -0.05) is 24.6 Å². The van der Waals surface area contributed by atoms with Crippen molar-refractivity contribution in [2.45, 2.75) is 33.1 Å². The van der Waals surface area contributed by atoms with Crippen molar-refractivity contribution in [1.29, 1.82) is 0 Å². The molecule has 1 N–H and O–H groups in total. The molecule has 2 aliphatic rings. The lowest BCUT2D eigenvalue weighted by Gasteiger charge is -2.30. The van der Waals surface area contributed by atoms with Gasteiger partial charge >= 0.3 is 0 Å². The summed E-state index contributed by atoms with van der Waals surface area (Å²) in [4.78, 5) is 26.7. The number of carbonyl (C=O) groups is 2. The molecule has 2 amide bonds. The first-order valence-corrected chi connectivity index (χ1v) is 8.69. The summed E-state index contributed by atoms with van der Waals surface area (Å²) in [6, 6.07) is 5.47. The molecule has 5 heteroatoms. The molecule has 1 aromatic rings. The Labute approximate surface area is 142 Å². The number of halogens is 1. The number of nitrogens with one attached hydrogen (secondary N) is 1. The van der Waals surface area contributed by atoms with Crippen LogP contribution in [-0.4, -0.2) is 29.8 Å². The van der Waals surface area contributed by atoms with Crippen molar-refractivity contribution in [1.82, 2.24) is 4.90 Å². The number of likely N-dealkylation sites (tertiary alicyclic amines) is 1. The highest BCUT2D eigenvalue weighted by molar-refractivity contribution is 6.31. The molecule has 3 rings (SSSR count). The summed E-state index contributed by atoms with van der Waals surface area (Å²) >= 11 is 6.07. The Morgan fingerprint density at radius 1 is 1.22 bits per heavy atom. The van der Waals surface area contributed by atoms with E-state index >= 15 is 0 Å². The fraction of sp³-hybridized carbons (Fsp3) is 0.556. The van der Waals surface area contributed by atoms with Gasteiger partial charge in [0.05, 0.1) is 11.8 Å². The van der Waals surface area contributed by atoms with Gasteiger partial charge in [-0.15, -0.1) is 0 Å². The third kappa shape index (κ3) is 3.69. The number of aryl methyl sites for hydroxylation is 1. The van der Waals surface area contributed by atoms with Crippen LogP contribution in [0.25, 0.3) is 0 Å². The largest absolute Gasteiger partial charge is 0.342 e. The van der Waals surface area contributed by atoms with Gasteiger partial charge in [0.25, 0.3) is 0 Å². The molecule has 0 spiro atoms. The van der Waals surface area contributed by atoms with Crippen molar-refractivity contribution < 1.29 is 9.59 Å². The number of rotatable bonds is 3. The highest BCUT2D eigenvalue weighted by Gasteiger charge is 2.49. The maximum Gasteiger partial charge on any atom is 0.228 e. The number of hydrogen-bond acceptors (Lipinski definition) is 2. The molecular formula is C18H23ClN2O2. The fourth-order valence-corrected chi connectivity index (χ4v) is 3.31. The predicted octanol–water partition coefficient (Wildman–Crippen LogP) is 3.48. The van der Waals surface area contributed by atoms with Crippen LogP contribution in [0.4, 0.5) is 5.69 Å². The number of nitrogens with zero attached hydrogens (tertiary/aromatic N) is 1. The first-order chi connectivity index (χ1) is 11.0. The standard InChI is InChI=1S/C18H23ClN2O2/c1-11-5-7-21(8-6-11)18(23)15-10-14(15)17(22)20-13-4-3-12(2)16(19)9-13/h3-4,9,11,14-15H,5-8,10H2,1-2H3,(H,20,22). The summed E-state index contributed by atoms with van der Waals surface area (Å²) in [5.41, 5.74) is 1.67. The van der Waals surface area contributed by atoms with Crippen LogP contribution >= 0.6 is 11.6 Å². The van der Waals surface area contributed by atoms with Crippen LogP contribution in [0, 0.1) is 24.7 Å². The van der Waals surface area contributed by atoms with E-state index in [1.165, 1.54) is 0 Å². The molecule has 2 unspecified atom stereocenters. The van der Waals surface area contributed by atoms with E-state index in [0.29, 0.717) is 23.0 Å². The lowest BCUT2D eigenvalue weighted by Crippen LogP contribution is -2.39. The van der Waals surface area contributed by atoms with Gasteiger partial charge in [-0.25, -0.2) is 0 Å². The molecule has 23 heavy (non-hydrogen) atoms. The third-order valence-electron chi connectivity index (χ3n) is 4.98. The smallest absolute Gasteiger partial charge is 0.228 e. The zero-order valence-electron chi connectivity index (χ0n) is 13.6. The Bertz CT molecular complexity index is 623. The Morgan fingerprint density at radius 2 is 1.91 bits per heavy atom. The van der Waals surface area contributed by atoms with E-state index in [2.05, 4.69) is 12.2 Å². The molecule has 4 nitrogen and oxygen atoms in total. The lowest BCUT2D eigenvalue weighted by molar-refractivity contribution is -0.135. The van der Waals surface area contributed by atoms with Crippen molar-refractivity contribution in [3.8, 4) is 0 Å². The molecule has 1 aromatic carbocycles. The molecule has 0 aromatic heterocycles. The van der Waals surface area contributed by atoms with E-state index in [9.17, 15) is 9.59 Å². The van der Waals surface area contributed by atoms with Crippen molar-refractivity contribution in [2.24, 2.45) is 17.8 Å². The van der Waals surface area contributed by atoms with E-state index in [1.54, 1.807) is 6.07 Å². The summed E-state index contributed by atoms with van der Waals surface area (Å²) in [6.45, 7) is 5.81. The van der Waals surface area contributed by atoms with Gasteiger partial charge < -0.3 is 10.2 Å². The molecule has 1 saturated carbocycles. The number of anilines is 1. The first-order valence-electron chi connectivity index (χ1n) is 8.31. The van der Waals surface area contributed by atoms with Gasteiger partial charge in [0.15, 0.2) is 0 Å². The van der Waals surface area contributed by atoms with Crippen LogP contribution in [-0.2, 0) is 9.59 Å². The van der Waals surface area contributed by atoms with E-state index in [1.807, 2.05) is 24.0 Å². The quantitative estimate of drug-likeness (QED) is 0.920. The second-order valence-corrected chi connectivity index (χ2v) is 7.32. The summed E-state index contributed by atoms with van der Waals surface area (Å²) in [5, 5.41) is 3.51. The average Bonchev–Trinajstić information content (AvgIpc) is 3.32. The van der Waals surface area contributed by atoms with Crippen molar-refractivity contribution >= 4 is 29.1 Å². The van der Waals surface area contributed by atoms with E-state index < -0.39 is 0 Å². The van der Waals surface area contributed by atoms with Gasteiger partial charge in [-0.05, 0) is 49.8 Å². The monoisotopic (exact) mass is 334 g/mol.